The fourth-order valence-corrected chi connectivity index (χ4v) is 2.42. The Bertz CT molecular complexity index is 561. The predicted octanol–water partition coefficient (Wildman–Crippen LogP) is 3.17. The van der Waals surface area contributed by atoms with Crippen LogP contribution in [-0.4, -0.2) is 21.6 Å². The smallest absolute Gasteiger partial charge is 0.335 e. The first kappa shape index (κ1) is 14.0. The lowest BCUT2D eigenvalue weighted by molar-refractivity contribution is -0.386. The lowest BCUT2D eigenvalue weighted by atomic mass is 10.0. The zero-order valence-corrected chi connectivity index (χ0v) is 10.9. The number of nitro groups is 1. The minimum absolute atomic E-state index is 0.0169. The Morgan fingerprint density at radius 1 is 1.45 bits per heavy atom. The van der Waals surface area contributed by atoms with E-state index in [1.807, 2.05) is 0 Å². The molecule has 1 N–H and O–H groups in total. The second kappa shape index (κ2) is 5.32. The number of carboxylic acids is 1. The number of hydrogen-bond donors (Lipinski definition) is 1. The maximum absolute atomic E-state index is 11.0. The van der Waals surface area contributed by atoms with Crippen LogP contribution in [0.5, 0.6) is 5.75 Å². The molecule has 0 heterocycles. The summed E-state index contributed by atoms with van der Waals surface area (Å²) in [6.07, 6.45) is 5.02. The summed E-state index contributed by atoms with van der Waals surface area (Å²) >= 11 is 0. The van der Waals surface area contributed by atoms with Crippen molar-refractivity contribution in [3.05, 3.63) is 46.5 Å². The van der Waals surface area contributed by atoms with E-state index >= 15 is 0 Å². The second-order valence-electron chi connectivity index (χ2n) is 4.82. The molecule has 0 aromatic heterocycles. The number of aromatic carboxylic acids is 1. The highest BCUT2D eigenvalue weighted by molar-refractivity contribution is 5.88. The fraction of sp³-hybridized carbons (Fsp3) is 0.357. The summed E-state index contributed by atoms with van der Waals surface area (Å²) in [5.74, 6) is -1.17. The number of benzene rings is 1. The molecule has 1 aromatic rings. The molecule has 1 aliphatic rings. The molecule has 0 saturated heterocycles. The summed E-state index contributed by atoms with van der Waals surface area (Å²) in [7, 11) is 0. The molecule has 0 radical (unpaired) electrons. The third-order valence-electron chi connectivity index (χ3n) is 3.54. The van der Waals surface area contributed by atoms with Gasteiger partial charge in [0.1, 0.15) is 5.60 Å². The molecule has 0 bridgehead atoms. The van der Waals surface area contributed by atoms with Gasteiger partial charge in [-0.2, -0.15) is 0 Å². The summed E-state index contributed by atoms with van der Waals surface area (Å²) in [6, 6.07) is 3.55. The van der Waals surface area contributed by atoms with Gasteiger partial charge < -0.3 is 9.84 Å². The van der Waals surface area contributed by atoms with E-state index in [1.165, 1.54) is 12.1 Å². The first-order chi connectivity index (χ1) is 9.47. The van der Waals surface area contributed by atoms with E-state index in [-0.39, 0.29) is 17.0 Å². The van der Waals surface area contributed by atoms with Crippen molar-refractivity contribution in [3.8, 4) is 5.75 Å². The average molecular weight is 277 g/mol. The number of ether oxygens (including phenoxy) is 1. The first-order valence-corrected chi connectivity index (χ1v) is 6.32. The van der Waals surface area contributed by atoms with Crippen molar-refractivity contribution in [1.82, 2.24) is 0 Å². The van der Waals surface area contributed by atoms with Gasteiger partial charge in [0.2, 0.25) is 0 Å². The van der Waals surface area contributed by atoms with Gasteiger partial charge in [0.25, 0.3) is 0 Å². The van der Waals surface area contributed by atoms with Gasteiger partial charge in [-0.3, -0.25) is 10.1 Å². The third kappa shape index (κ3) is 2.64. The topological polar surface area (TPSA) is 89.7 Å². The van der Waals surface area contributed by atoms with Crippen molar-refractivity contribution in [1.29, 1.82) is 0 Å². The summed E-state index contributed by atoms with van der Waals surface area (Å²) in [5.41, 5.74) is -0.909. The molecule has 0 atom stereocenters. The zero-order chi connectivity index (χ0) is 14.8. The molecular formula is C14H15NO5. The minimum atomic E-state index is -1.15. The van der Waals surface area contributed by atoms with E-state index < -0.39 is 16.5 Å². The molecule has 1 aliphatic carbocycles. The molecule has 0 spiro atoms. The van der Waals surface area contributed by atoms with Crippen LogP contribution in [0.3, 0.4) is 0 Å². The van der Waals surface area contributed by atoms with Crippen molar-refractivity contribution >= 4 is 11.7 Å². The second-order valence-corrected chi connectivity index (χ2v) is 4.82. The van der Waals surface area contributed by atoms with E-state index in [9.17, 15) is 14.9 Å². The Hall–Kier alpha value is -2.37. The number of hydrogen-bond acceptors (Lipinski definition) is 4. The van der Waals surface area contributed by atoms with Gasteiger partial charge >= 0.3 is 11.7 Å². The summed E-state index contributed by atoms with van der Waals surface area (Å²) in [6.45, 7) is 3.73. The molecule has 6 heteroatoms. The van der Waals surface area contributed by atoms with Crippen LogP contribution >= 0.6 is 0 Å². The molecule has 20 heavy (non-hydrogen) atoms. The van der Waals surface area contributed by atoms with Crippen molar-refractivity contribution < 1.29 is 19.6 Å². The zero-order valence-electron chi connectivity index (χ0n) is 10.9. The number of carboxylic acid groups (broad SMARTS) is 1. The maximum Gasteiger partial charge on any atom is 0.335 e. The Morgan fingerprint density at radius 3 is 2.60 bits per heavy atom. The van der Waals surface area contributed by atoms with Crippen LogP contribution in [0.25, 0.3) is 0 Å². The van der Waals surface area contributed by atoms with Gasteiger partial charge in [-0.25, -0.2) is 4.79 Å². The molecule has 6 nitrogen and oxygen atoms in total. The molecule has 0 aliphatic heterocycles. The van der Waals surface area contributed by atoms with E-state index in [2.05, 4.69) is 6.58 Å². The predicted molar refractivity (Wildman–Crippen MR) is 72.1 cm³/mol. The number of nitrogens with zero attached hydrogens (tertiary/aromatic N) is 1. The average Bonchev–Trinajstić information content (AvgIpc) is 2.87. The summed E-state index contributed by atoms with van der Waals surface area (Å²) in [5, 5.41) is 20.0. The van der Waals surface area contributed by atoms with Gasteiger partial charge in [-0.1, -0.05) is 6.58 Å². The van der Waals surface area contributed by atoms with Crippen LogP contribution in [-0.2, 0) is 0 Å². The highest BCUT2D eigenvalue weighted by Crippen LogP contribution is 2.39. The van der Waals surface area contributed by atoms with E-state index in [1.54, 1.807) is 6.08 Å². The van der Waals surface area contributed by atoms with Gasteiger partial charge in [-0.15, -0.1) is 0 Å². The minimum Gasteiger partial charge on any atom is -0.478 e. The van der Waals surface area contributed by atoms with Crippen molar-refractivity contribution in [3.63, 3.8) is 0 Å². The van der Waals surface area contributed by atoms with Crippen LogP contribution in [0, 0.1) is 10.1 Å². The quantitative estimate of drug-likeness (QED) is 0.507. The first-order valence-electron chi connectivity index (χ1n) is 6.32. The Balaban J connectivity index is 2.42. The standard InChI is InChI=1S/C14H15NO5/c1-2-14(7-3-4-8-14)20-12-9-10(13(16)17)5-6-11(12)15(18)19/h2,5-6,9H,1,3-4,7-8H2,(H,16,17). The highest BCUT2D eigenvalue weighted by Gasteiger charge is 2.35. The van der Waals surface area contributed by atoms with E-state index in [4.69, 9.17) is 9.84 Å². The Kier molecular flexibility index (Phi) is 3.74. The van der Waals surface area contributed by atoms with Gasteiger partial charge in [0.15, 0.2) is 5.75 Å². The maximum atomic E-state index is 11.0. The van der Waals surface area contributed by atoms with Crippen molar-refractivity contribution in [2.45, 2.75) is 31.3 Å². The molecule has 106 valence electrons. The van der Waals surface area contributed by atoms with E-state index in [0.717, 1.165) is 31.7 Å². The number of nitro benzene ring substituents is 1. The van der Waals surface area contributed by atoms with Crippen molar-refractivity contribution in [2.24, 2.45) is 0 Å². The van der Waals surface area contributed by atoms with Crippen LogP contribution in [0.15, 0.2) is 30.9 Å². The summed E-state index contributed by atoms with van der Waals surface area (Å²) in [4.78, 5) is 21.4. The molecule has 2 rings (SSSR count). The Morgan fingerprint density at radius 2 is 2.10 bits per heavy atom. The molecular weight excluding hydrogens is 262 g/mol. The SMILES string of the molecule is C=CC1(Oc2cc(C(=O)O)ccc2[N+](=O)[O-])CCCC1. The molecule has 0 unspecified atom stereocenters. The van der Waals surface area contributed by atoms with Crippen LogP contribution in [0.2, 0.25) is 0 Å². The van der Waals surface area contributed by atoms with Crippen LogP contribution < -0.4 is 4.74 Å². The monoisotopic (exact) mass is 277 g/mol. The van der Waals surface area contributed by atoms with Gasteiger partial charge in [0, 0.05) is 12.1 Å². The van der Waals surface area contributed by atoms with Crippen LogP contribution in [0.1, 0.15) is 36.0 Å². The van der Waals surface area contributed by atoms with Gasteiger partial charge in [-0.05, 0) is 37.8 Å². The normalized spacial score (nSPS) is 16.6. The van der Waals surface area contributed by atoms with Gasteiger partial charge in [0.05, 0.1) is 10.5 Å². The molecule has 0 amide bonds. The number of rotatable bonds is 5. The molecule has 1 fully saturated rings. The van der Waals surface area contributed by atoms with E-state index in [0.29, 0.717) is 0 Å². The molecule has 1 aromatic carbocycles. The lowest BCUT2D eigenvalue weighted by Gasteiger charge is -2.26. The molecule has 1 saturated carbocycles. The highest BCUT2D eigenvalue weighted by atomic mass is 16.6. The van der Waals surface area contributed by atoms with Crippen LogP contribution in [0.4, 0.5) is 5.69 Å². The third-order valence-corrected chi connectivity index (χ3v) is 3.54. The van der Waals surface area contributed by atoms with Crippen molar-refractivity contribution in [2.75, 3.05) is 0 Å². The number of carbonyl (C=O) groups is 1. The summed E-state index contributed by atoms with van der Waals surface area (Å²) < 4.78 is 5.77. The fourth-order valence-electron chi connectivity index (χ4n) is 2.42. The largest absolute Gasteiger partial charge is 0.478 e. The Labute approximate surface area is 115 Å². The lowest BCUT2D eigenvalue weighted by Crippen LogP contribution is -2.30.